The Morgan fingerprint density at radius 1 is 1.35 bits per heavy atom. The topological polar surface area (TPSA) is 47.9 Å². The van der Waals surface area contributed by atoms with Crippen molar-refractivity contribution < 1.29 is 4.74 Å². The van der Waals surface area contributed by atoms with Gasteiger partial charge in [-0.2, -0.15) is 0 Å². The second kappa shape index (κ2) is 5.23. The van der Waals surface area contributed by atoms with Crippen LogP contribution < -0.4 is 4.74 Å². The first-order valence-corrected chi connectivity index (χ1v) is 6.06. The van der Waals surface area contributed by atoms with E-state index in [1.165, 1.54) is 0 Å². The standard InChI is InChI=1S/C12H12BrN3O/c1-3-11-15-8(7-10(13)16-11)12-9(17-2)5-4-6-14-12/h4-7H,3H2,1-2H3. The van der Waals surface area contributed by atoms with Gasteiger partial charge in [0.15, 0.2) is 0 Å². The minimum Gasteiger partial charge on any atom is -0.494 e. The summed E-state index contributed by atoms with van der Waals surface area (Å²) in [6.07, 6.45) is 2.50. The van der Waals surface area contributed by atoms with Crippen LogP contribution in [0, 0.1) is 0 Å². The summed E-state index contributed by atoms with van der Waals surface area (Å²) >= 11 is 3.38. The summed E-state index contributed by atoms with van der Waals surface area (Å²) in [5.41, 5.74) is 1.49. The van der Waals surface area contributed by atoms with Crippen molar-refractivity contribution in [2.45, 2.75) is 13.3 Å². The Morgan fingerprint density at radius 3 is 2.88 bits per heavy atom. The van der Waals surface area contributed by atoms with Gasteiger partial charge < -0.3 is 4.74 Å². The smallest absolute Gasteiger partial charge is 0.146 e. The highest BCUT2D eigenvalue weighted by molar-refractivity contribution is 9.10. The van der Waals surface area contributed by atoms with Gasteiger partial charge in [0.1, 0.15) is 21.9 Å². The summed E-state index contributed by atoms with van der Waals surface area (Å²) in [5, 5.41) is 0. The van der Waals surface area contributed by atoms with Crippen molar-refractivity contribution in [3.8, 4) is 17.1 Å². The third-order valence-corrected chi connectivity index (χ3v) is 2.70. The number of pyridine rings is 1. The van der Waals surface area contributed by atoms with Gasteiger partial charge in [0.2, 0.25) is 0 Å². The van der Waals surface area contributed by atoms with Gasteiger partial charge in [0.05, 0.1) is 12.8 Å². The molecule has 17 heavy (non-hydrogen) atoms. The van der Waals surface area contributed by atoms with Gasteiger partial charge in [-0.1, -0.05) is 6.92 Å². The Morgan fingerprint density at radius 2 is 2.18 bits per heavy atom. The second-order valence-corrected chi connectivity index (χ2v) is 4.21. The van der Waals surface area contributed by atoms with Crippen LogP contribution in [-0.4, -0.2) is 22.1 Å². The number of hydrogen-bond acceptors (Lipinski definition) is 4. The monoisotopic (exact) mass is 293 g/mol. The van der Waals surface area contributed by atoms with Gasteiger partial charge in [-0.3, -0.25) is 4.98 Å². The van der Waals surface area contributed by atoms with Gasteiger partial charge in [0.25, 0.3) is 0 Å². The number of methoxy groups -OCH3 is 1. The molecule has 2 aromatic rings. The number of aromatic nitrogens is 3. The van der Waals surface area contributed by atoms with Crippen LogP contribution in [0.1, 0.15) is 12.7 Å². The SMILES string of the molecule is CCc1nc(Br)cc(-c2ncccc2OC)n1. The van der Waals surface area contributed by atoms with Crippen molar-refractivity contribution in [2.24, 2.45) is 0 Å². The van der Waals surface area contributed by atoms with Gasteiger partial charge in [-0.25, -0.2) is 9.97 Å². The molecule has 0 aliphatic carbocycles. The second-order valence-electron chi connectivity index (χ2n) is 3.40. The van der Waals surface area contributed by atoms with Crippen LogP contribution >= 0.6 is 15.9 Å². The minimum atomic E-state index is 0.708. The molecule has 0 saturated carbocycles. The van der Waals surface area contributed by atoms with Crippen molar-refractivity contribution in [3.05, 3.63) is 34.8 Å². The summed E-state index contributed by atoms with van der Waals surface area (Å²) < 4.78 is 6.03. The first-order chi connectivity index (χ1) is 8.24. The zero-order chi connectivity index (χ0) is 12.3. The van der Waals surface area contributed by atoms with E-state index in [9.17, 15) is 0 Å². The van der Waals surface area contributed by atoms with Crippen molar-refractivity contribution in [2.75, 3.05) is 7.11 Å². The molecule has 0 atom stereocenters. The molecule has 0 bridgehead atoms. The lowest BCUT2D eigenvalue weighted by atomic mass is 10.2. The van der Waals surface area contributed by atoms with E-state index in [2.05, 4.69) is 30.9 Å². The maximum absolute atomic E-state index is 5.27. The van der Waals surface area contributed by atoms with E-state index in [0.29, 0.717) is 5.75 Å². The number of rotatable bonds is 3. The zero-order valence-corrected chi connectivity index (χ0v) is 11.2. The van der Waals surface area contributed by atoms with E-state index in [-0.39, 0.29) is 0 Å². The molecule has 0 radical (unpaired) electrons. The molecule has 4 nitrogen and oxygen atoms in total. The van der Waals surface area contributed by atoms with E-state index in [0.717, 1.165) is 28.2 Å². The molecule has 0 unspecified atom stereocenters. The first-order valence-electron chi connectivity index (χ1n) is 5.27. The molecular weight excluding hydrogens is 282 g/mol. The molecule has 0 aromatic carbocycles. The molecule has 2 rings (SSSR count). The maximum atomic E-state index is 5.27. The molecule has 5 heteroatoms. The zero-order valence-electron chi connectivity index (χ0n) is 9.64. The number of halogens is 1. The lowest BCUT2D eigenvalue weighted by Gasteiger charge is -2.07. The summed E-state index contributed by atoms with van der Waals surface area (Å²) in [6.45, 7) is 2.02. The highest BCUT2D eigenvalue weighted by atomic mass is 79.9. The van der Waals surface area contributed by atoms with Crippen LogP contribution in [0.5, 0.6) is 5.75 Å². The van der Waals surface area contributed by atoms with Crippen molar-refractivity contribution >= 4 is 15.9 Å². The van der Waals surface area contributed by atoms with Crippen LogP contribution in [-0.2, 0) is 6.42 Å². The quantitative estimate of drug-likeness (QED) is 0.817. The molecule has 0 fully saturated rings. The average molecular weight is 294 g/mol. The number of aryl methyl sites for hydroxylation is 1. The van der Waals surface area contributed by atoms with Crippen molar-refractivity contribution in [3.63, 3.8) is 0 Å². The largest absolute Gasteiger partial charge is 0.494 e. The van der Waals surface area contributed by atoms with Crippen LogP contribution in [0.4, 0.5) is 0 Å². The number of ether oxygens (including phenoxy) is 1. The molecule has 0 amide bonds. The fraction of sp³-hybridized carbons (Fsp3) is 0.250. The fourth-order valence-corrected chi connectivity index (χ4v) is 1.91. The molecule has 88 valence electrons. The Bertz CT molecular complexity index is 531. The maximum Gasteiger partial charge on any atom is 0.146 e. The Labute approximate surface area is 108 Å². The normalized spacial score (nSPS) is 10.3. The van der Waals surface area contributed by atoms with Crippen molar-refractivity contribution in [1.29, 1.82) is 0 Å². The van der Waals surface area contributed by atoms with E-state index in [1.54, 1.807) is 13.3 Å². The summed E-state index contributed by atoms with van der Waals surface area (Å²) in [7, 11) is 1.62. The van der Waals surface area contributed by atoms with E-state index < -0.39 is 0 Å². The predicted octanol–water partition coefficient (Wildman–Crippen LogP) is 2.87. The molecule has 0 spiro atoms. The Hall–Kier alpha value is -1.49. The highest BCUT2D eigenvalue weighted by Crippen LogP contribution is 2.27. The molecule has 0 N–H and O–H groups in total. The lowest BCUT2D eigenvalue weighted by Crippen LogP contribution is -1.98. The Kier molecular flexibility index (Phi) is 3.68. The molecule has 0 saturated heterocycles. The third-order valence-electron chi connectivity index (χ3n) is 2.29. The molecule has 0 aliphatic heterocycles. The molecule has 2 aromatic heterocycles. The van der Waals surface area contributed by atoms with Gasteiger partial charge in [-0.05, 0) is 34.1 Å². The molecular formula is C12H12BrN3O. The van der Waals surface area contributed by atoms with E-state index in [1.807, 2.05) is 25.1 Å². The van der Waals surface area contributed by atoms with Gasteiger partial charge >= 0.3 is 0 Å². The third kappa shape index (κ3) is 2.61. The summed E-state index contributed by atoms with van der Waals surface area (Å²) in [6, 6.07) is 5.53. The lowest BCUT2D eigenvalue weighted by molar-refractivity contribution is 0.414. The number of hydrogen-bond donors (Lipinski definition) is 0. The fourth-order valence-electron chi connectivity index (χ4n) is 1.49. The van der Waals surface area contributed by atoms with E-state index >= 15 is 0 Å². The molecule has 0 aliphatic rings. The van der Waals surface area contributed by atoms with Gasteiger partial charge in [0, 0.05) is 12.6 Å². The highest BCUT2D eigenvalue weighted by Gasteiger charge is 2.10. The summed E-state index contributed by atoms with van der Waals surface area (Å²) in [4.78, 5) is 13.0. The predicted molar refractivity (Wildman–Crippen MR) is 68.9 cm³/mol. The number of nitrogens with zero attached hydrogens (tertiary/aromatic N) is 3. The van der Waals surface area contributed by atoms with Crippen LogP contribution in [0.2, 0.25) is 0 Å². The average Bonchev–Trinajstić information content (AvgIpc) is 2.37. The van der Waals surface area contributed by atoms with Crippen molar-refractivity contribution in [1.82, 2.24) is 15.0 Å². The van der Waals surface area contributed by atoms with Crippen LogP contribution in [0.25, 0.3) is 11.4 Å². The minimum absolute atomic E-state index is 0.708. The van der Waals surface area contributed by atoms with E-state index in [4.69, 9.17) is 4.74 Å². The Balaban J connectivity index is 2.55. The van der Waals surface area contributed by atoms with Crippen LogP contribution in [0.3, 0.4) is 0 Å². The first kappa shape index (κ1) is 12.0. The van der Waals surface area contributed by atoms with Gasteiger partial charge in [-0.15, -0.1) is 0 Å². The molecule has 2 heterocycles. The van der Waals surface area contributed by atoms with Crippen LogP contribution in [0.15, 0.2) is 29.0 Å². The summed E-state index contributed by atoms with van der Waals surface area (Å²) in [5.74, 6) is 1.49.